The van der Waals surface area contributed by atoms with E-state index in [1.54, 1.807) is 6.07 Å². The van der Waals surface area contributed by atoms with Crippen molar-refractivity contribution in [1.82, 2.24) is 0 Å². The molecule has 1 rings (SSSR count). The van der Waals surface area contributed by atoms with Gasteiger partial charge in [-0.15, -0.1) is 0 Å². The molecule has 0 aliphatic rings. The van der Waals surface area contributed by atoms with Gasteiger partial charge in [-0.2, -0.15) is 5.26 Å². The lowest BCUT2D eigenvalue weighted by Crippen LogP contribution is -2.11. The number of ether oxygens (including phenoxy) is 2. The van der Waals surface area contributed by atoms with E-state index < -0.39 is 5.97 Å². The lowest BCUT2D eigenvalue weighted by molar-refractivity contribution is -0.139. The number of halogens is 3. The van der Waals surface area contributed by atoms with Crippen LogP contribution in [0.5, 0.6) is 0 Å². The highest BCUT2D eigenvalue weighted by molar-refractivity contribution is 14.1. The summed E-state index contributed by atoms with van der Waals surface area (Å²) in [6.07, 6.45) is 1.12. The number of carbonyl (C=O) groups excluding carboxylic acids is 2. The standard InChI is InChI=1S/C16H14I3NO4/c1-10(4-5-20)15(21)23-6-2-3-7-24-16(22)12-8-11(17)9-13(18)14(12)19/h8-9H,1-4,6-7H2. The third-order valence-corrected chi connectivity index (χ3v) is 6.47. The lowest BCUT2D eigenvalue weighted by Gasteiger charge is -2.09. The van der Waals surface area contributed by atoms with Crippen molar-refractivity contribution in [2.75, 3.05) is 13.2 Å². The number of esters is 2. The molecule has 0 bridgehead atoms. The zero-order chi connectivity index (χ0) is 18.1. The van der Waals surface area contributed by atoms with Gasteiger partial charge in [0.05, 0.1) is 31.3 Å². The largest absolute Gasteiger partial charge is 0.462 e. The van der Waals surface area contributed by atoms with E-state index in [9.17, 15) is 9.59 Å². The zero-order valence-corrected chi connectivity index (χ0v) is 19.1. The maximum Gasteiger partial charge on any atom is 0.339 e. The van der Waals surface area contributed by atoms with Crippen LogP contribution in [-0.4, -0.2) is 25.2 Å². The first-order valence-corrected chi connectivity index (χ1v) is 10.1. The summed E-state index contributed by atoms with van der Waals surface area (Å²) in [5, 5.41) is 8.46. The smallest absolute Gasteiger partial charge is 0.339 e. The van der Waals surface area contributed by atoms with Crippen molar-refractivity contribution in [3.05, 3.63) is 40.6 Å². The first kappa shape index (κ1) is 21.6. The minimum atomic E-state index is -0.559. The summed E-state index contributed by atoms with van der Waals surface area (Å²) in [4.78, 5) is 23.5. The summed E-state index contributed by atoms with van der Waals surface area (Å²) in [7, 11) is 0. The maximum absolute atomic E-state index is 12.1. The number of carbonyl (C=O) groups is 2. The van der Waals surface area contributed by atoms with Crippen LogP contribution in [0.15, 0.2) is 24.3 Å². The van der Waals surface area contributed by atoms with E-state index in [-0.39, 0.29) is 31.2 Å². The van der Waals surface area contributed by atoms with E-state index in [1.165, 1.54) is 0 Å². The van der Waals surface area contributed by atoms with Gasteiger partial charge in [0, 0.05) is 16.3 Å². The number of rotatable bonds is 8. The van der Waals surface area contributed by atoms with Crippen molar-refractivity contribution in [3.8, 4) is 6.07 Å². The molecule has 0 spiro atoms. The highest BCUT2D eigenvalue weighted by atomic mass is 127. The normalized spacial score (nSPS) is 9.92. The van der Waals surface area contributed by atoms with Crippen LogP contribution in [0.1, 0.15) is 29.6 Å². The van der Waals surface area contributed by atoms with E-state index in [4.69, 9.17) is 14.7 Å². The fraction of sp³-hybridized carbons (Fsp3) is 0.312. The van der Waals surface area contributed by atoms with Crippen LogP contribution in [-0.2, 0) is 14.3 Å². The fourth-order valence-corrected chi connectivity index (χ4v) is 3.96. The minimum absolute atomic E-state index is 0.0379. The van der Waals surface area contributed by atoms with E-state index in [2.05, 4.69) is 74.4 Å². The van der Waals surface area contributed by atoms with Crippen molar-refractivity contribution < 1.29 is 19.1 Å². The van der Waals surface area contributed by atoms with Crippen molar-refractivity contribution in [2.45, 2.75) is 19.3 Å². The molecule has 0 amide bonds. The first-order chi connectivity index (χ1) is 11.4. The molecule has 128 valence electrons. The van der Waals surface area contributed by atoms with Crippen LogP contribution in [0.2, 0.25) is 0 Å². The molecule has 0 saturated heterocycles. The van der Waals surface area contributed by atoms with Gasteiger partial charge < -0.3 is 9.47 Å². The molecule has 0 aliphatic carbocycles. The first-order valence-electron chi connectivity index (χ1n) is 6.90. The number of unbranched alkanes of at least 4 members (excludes halogenated alkanes) is 1. The molecule has 0 unspecified atom stereocenters. The summed E-state index contributed by atoms with van der Waals surface area (Å²) in [6.45, 7) is 3.94. The maximum atomic E-state index is 12.1. The average molecular weight is 665 g/mol. The predicted molar refractivity (Wildman–Crippen MR) is 114 cm³/mol. The molecule has 1 aromatic carbocycles. The van der Waals surface area contributed by atoms with Crippen molar-refractivity contribution in [2.24, 2.45) is 0 Å². The number of nitrogens with zero attached hydrogens (tertiary/aromatic N) is 1. The molecule has 0 N–H and O–H groups in total. The molecule has 0 radical (unpaired) electrons. The second-order valence-electron chi connectivity index (χ2n) is 4.67. The van der Waals surface area contributed by atoms with Gasteiger partial charge in [-0.3, -0.25) is 0 Å². The van der Waals surface area contributed by atoms with Gasteiger partial charge in [0.2, 0.25) is 0 Å². The van der Waals surface area contributed by atoms with Gasteiger partial charge >= 0.3 is 11.9 Å². The van der Waals surface area contributed by atoms with Crippen LogP contribution < -0.4 is 0 Å². The molecule has 0 saturated carbocycles. The number of hydrogen-bond acceptors (Lipinski definition) is 5. The third kappa shape index (κ3) is 7.22. The Morgan fingerprint density at radius 2 is 1.75 bits per heavy atom. The molecule has 5 nitrogen and oxygen atoms in total. The third-order valence-electron chi connectivity index (χ3n) is 2.80. The van der Waals surface area contributed by atoms with Crippen LogP contribution in [0.4, 0.5) is 0 Å². The van der Waals surface area contributed by atoms with Crippen molar-refractivity contribution in [1.29, 1.82) is 5.26 Å². The molecule has 8 heteroatoms. The average Bonchev–Trinajstić information content (AvgIpc) is 2.53. The van der Waals surface area contributed by atoms with Crippen LogP contribution in [0.25, 0.3) is 0 Å². The minimum Gasteiger partial charge on any atom is -0.462 e. The van der Waals surface area contributed by atoms with Gasteiger partial charge in [-0.25, -0.2) is 9.59 Å². The molecule has 0 atom stereocenters. The quantitative estimate of drug-likeness (QED) is 0.135. The number of nitriles is 1. The van der Waals surface area contributed by atoms with Gasteiger partial charge in [-0.05, 0) is 92.7 Å². The topological polar surface area (TPSA) is 76.4 Å². The Morgan fingerprint density at radius 1 is 1.12 bits per heavy atom. The molecular weight excluding hydrogens is 651 g/mol. The van der Waals surface area contributed by atoms with E-state index in [0.717, 1.165) is 10.7 Å². The molecule has 0 fully saturated rings. The summed E-state index contributed by atoms with van der Waals surface area (Å²) >= 11 is 6.48. The van der Waals surface area contributed by atoms with Crippen molar-refractivity contribution >= 4 is 79.7 Å². The molecular formula is C16H14I3NO4. The van der Waals surface area contributed by atoms with Crippen LogP contribution >= 0.6 is 67.8 Å². The molecule has 24 heavy (non-hydrogen) atoms. The Morgan fingerprint density at radius 3 is 2.38 bits per heavy atom. The predicted octanol–water partition coefficient (Wildman–Crippen LogP) is 4.45. The van der Waals surface area contributed by atoms with Gasteiger partial charge in [0.1, 0.15) is 0 Å². The van der Waals surface area contributed by atoms with Gasteiger partial charge in [0.25, 0.3) is 0 Å². The highest BCUT2D eigenvalue weighted by Crippen LogP contribution is 2.23. The SMILES string of the molecule is C=C(CC#N)C(=O)OCCCCOC(=O)c1cc(I)cc(I)c1I. The monoisotopic (exact) mass is 665 g/mol. The molecule has 0 heterocycles. The van der Waals surface area contributed by atoms with E-state index >= 15 is 0 Å². The number of benzene rings is 1. The Hall–Kier alpha value is -0.420. The molecule has 0 aromatic heterocycles. The molecule has 1 aromatic rings. The van der Waals surface area contributed by atoms with Gasteiger partial charge in [-0.1, -0.05) is 6.58 Å². The Labute approximate surface area is 181 Å². The van der Waals surface area contributed by atoms with Crippen LogP contribution in [0.3, 0.4) is 0 Å². The van der Waals surface area contributed by atoms with Crippen LogP contribution in [0, 0.1) is 22.0 Å². The molecule has 0 aliphatic heterocycles. The van der Waals surface area contributed by atoms with E-state index in [1.807, 2.05) is 12.1 Å². The van der Waals surface area contributed by atoms with Crippen molar-refractivity contribution in [3.63, 3.8) is 0 Å². The Kier molecular flexibility index (Phi) is 10.1. The Bertz CT molecular complexity index is 683. The number of hydrogen-bond donors (Lipinski definition) is 0. The summed E-state index contributed by atoms with van der Waals surface area (Å²) < 4.78 is 13.1. The lowest BCUT2D eigenvalue weighted by atomic mass is 10.2. The summed E-state index contributed by atoms with van der Waals surface area (Å²) in [6, 6.07) is 5.64. The van der Waals surface area contributed by atoms with Gasteiger partial charge in [0.15, 0.2) is 0 Å². The van der Waals surface area contributed by atoms with E-state index in [0.29, 0.717) is 18.4 Å². The fourth-order valence-electron chi connectivity index (χ4n) is 1.59. The zero-order valence-electron chi connectivity index (χ0n) is 12.6. The second kappa shape index (κ2) is 11.2. The Balaban J connectivity index is 2.31. The summed E-state index contributed by atoms with van der Waals surface area (Å²) in [5.74, 6) is -0.910. The summed E-state index contributed by atoms with van der Waals surface area (Å²) in [5.41, 5.74) is 0.706. The second-order valence-corrected chi connectivity index (χ2v) is 8.15. The highest BCUT2D eigenvalue weighted by Gasteiger charge is 2.15.